The van der Waals surface area contributed by atoms with Crippen molar-refractivity contribution in [1.29, 1.82) is 0 Å². The minimum Gasteiger partial charge on any atom is -0.410 e. The molecule has 0 spiro atoms. The number of benzene rings is 2. The highest BCUT2D eigenvalue weighted by atomic mass is 32.1. The maximum Gasteiger partial charge on any atom is 0.419 e. The lowest BCUT2D eigenvalue weighted by Gasteiger charge is -2.23. The summed E-state index contributed by atoms with van der Waals surface area (Å²) in [6, 6.07) is 14.8. The Bertz CT molecular complexity index is 749. The standard InChI is InChI=1S/C19H22N2O3S/c1-14-7-4-5-10-18(14)21(11-12-23-3)19(22)24-17-9-6-8-16(13-17)20-15(2)25/h4-10,13H,11-12H2,1-3H3,(H,20,25). The highest BCUT2D eigenvalue weighted by Crippen LogP contribution is 2.23. The largest absolute Gasteiger partial charge is 0.419 e. The number of anilines is 2. The lowest BCUT2D eigenvalue weighted by Crippen LogP contribution is -2.36. The molecule has 2 rings (SSSR count). The van der Waals surface area contributed by atoms with Gasteiger partial charge in [0.1, 0.15) is 5.75 Å². The molecular weight excluding hydrogens is 336 g/mol. The summed E-state index contributed by atoms with van der Waals surface area (Å²) in [5.74, 6) is 0.447. The second-order valence-corrected chi connectivity index (χ2v) is 6.12. The molecule has 5 nitrogen and oxygen atoms in total. The Kier molecular flexibility index (Phi) is 6.91. The molecule has 2 aromatic carbocycles. The zero-order valence-corrected chi connectivity index (χ0v) is 15.4. The number of ether oxygens (including phenoxy) is 2. The topological polar surface area (TPSA) is 50.8 Å². The van der Waals surface area contributed by atoms with Gasteiger partial charge in [-0.3, -0.25) is 4.90 Å². The minimum atomic E-state index is -0.456. The van der Waals surface area contributed by atoms with Gasteiger partial charge in [-0.05, 0) is 37.6 Å². The zero-order valence-electron chi connectivity index (χ0n) is 14.6. The fourth-order valence-electron chi connectivity index (χ4n) is 2.36. The summed E-state index contributed by atoms with van der Waals surface area (Å²) in [4.78, 5) is 14.9. The third-order valence-electron chi connectivity index (χ3n) is 3.51. The van der Waals surface area contributed by atoms with E-state index < -0.39 is 6.09 Å². The Morgan fingerprint density at radius 1 is 1.20 bits per heavy atom. The Balaban J connectivity index is 2.19. The summed E-state index contributed by atoms with van der Waals surface area (Å²) in [6.07, 6.45) is -0.456. The molecule has 0 saturated carbocycles. The quantitative estimate of drug-likeness (QED) is 0.776. The second kappa shape index (κ2) is 9.15. The van der Waals surface area contributed by atoms with Crippen molar-refractivity contribution in [2.75, 3.05) is 30.5 Å². The van der Waals surface area contributed by atoms with E-state index in [1.807, 2.05) is 37.3 Å². The molecule has 0 heterocycles. The maximum atomic E-state index is 12.7. The van der Waals surface area contributed by atoms with Crippen LogP contribution in [0.2, 0.25) is 0 Å². The summed E-state index contributed by atoms with van der Waals surface area (Å²) < 4.78 is 10.7. The molecule has 25 heavy (non-hydrogen) atoms. The molecule has 6 heteroatoms. The molecule has 0 aliphatic rings. The first kappa shape index (κ1) is 18.9. The van der Waals surface area contributed by atoms with E-state index in [2.05, 4.69) is 5.32 Å². The van der Waals surface area contributed by atoms with E-state index in [-0.39, 0.29) is 0 Å². The van der Waals surface area contributed by atoms with Crippen LogP contribution in [0, 0.1) is 6.92 Å². The van der Waals surface area contributed by atoms with Gasteiger partial charge < -0.3 is 14.8 Å². The van der Waals surface area contributed by atoms with E-state index in [4.69, 9.17) is 21.7 Å². The van der Waals surface area contributed by atoms with Crippen LogP contribution in [0.5, 0.6) is 5.75 Å². The molecular formula is C19H22N2O3S. The Morgan fingerprint density at radius 2 is 1.96 bits per heavy atom. The summed E-state index contributed by atoms with van der Waals surface area (Å²) in [6.45, 7) is 4.56. The zero-order chi connectivity index (χ0) is 18.2. The molecule has 0 fully saturated rings. The van der Waals surface area contributed by atoms with Gasteiger partial charge in [0, 0.05) is 18.9 Å². The molecule has 0 atom stereocenters. The lowest BCUT2D eigenvalue weighted by atomic mass is 10.2. The van der Waals surface area contributed by atoms with Crippen molar-refractivity contribution in [3.8, 4) is 5.75 Å². The van der Waals surface area contributed by atoms with Crippen LogP contribution in [0.4, 0.5) is 16.2 Å². The maximum absolute atomic E-state index is 12.7. The van der Waals surface area contributed by atoms with Crippen molar-refractivity contribution < 1.29 is 14.3 Å². The number of hydrogen-bond acceptors (Lipinski definition) is 4. The van der Waals surface area contributed by atoms with Crippen molar-refractivity contribution in [3.63, 3.8) is 0 Å². The number of nitrogens with one attached hydrogen (secondary N) is 1. The van der Waals surface area contributed by atoms with Crippen LogP contribution in [-0.4, -0.2) is 31.3 Å². The predicted molar refractivity (Wildman–Crippen MR) is 105 cm³/mol. The molecule has 1 amide bonds. The van der Waals surface area contributed by atoms with Gasteiger partial charge in [-0.25, -0.2) is 4.79 Å². The van der Waals surface area contributed by atoms with Crippen LogP contribution < -0.4 is 15.0 Å². The molecule has 0 saturated heterocycles. The predicted octanol–water partition coefficient (Wildman–Crippen LogP) is 4.41. The van der Waals surface area contributed by atoms with Crippen LogP contribution in [-0.2, 0) is 4.74 Å². The summed E-state index contributed by atoms with van der Waals surface area (Å²) in [5.41, 5.74) is 2.56. The van der Waals surface area contributed by atoms with Gasteiger partial charge >= 0.3 is 6.09 Å². The molecule has 2 aromatic rings. The van der Waals surface area contributed by atoms with Gasteiger partial charge in [-0.15, -0.1) is 0 Å². The van der Waals surface area contributed by atoms with Gasteiger partial charge in [0.2, 0.25) is 0 Å². The molecule has 0 bridgehead atoms. The number of para-hydroxylation sites is 1. The first-order valence-electron chi connectivity index (χ1n) is 7.93. The number of thiocarbonyl (C=S) groups is 1. The van der Waals surface area contributed by atoms with E-state index in [1.54, 1.807) is 37.1 Å². The third-order valence-corrected chi connectivity index (χ3v) is 3.61. The number of carbonyl (C=O) groups excluding carboxylic acids is 1. The second-order valence-electron chi connectivity index (χ2n) is 5.51. The van der Waals surface area contributed by atoms with Crippen LogP contribution >= 0.6 is 12.2 Å². The molecule has 0 aliphatic carbocycles. The molecule has 0 radical (unpaired) electrons. The Hall–Kier alpha value is -2.44. The molecule has 0 aromatic heterocycles. The van der Waals surface area contributed by atoms with Gasteiger partial charge in [-0.2, -0.15) is 0 Å². The first-order valence-corrected chi connectivity index (χ1v) is 8.33. The van der Waals surface area contributed by atoms with Crippen molar-refractivity contribution >= 4 is 34.7 Å². The highest BCUT2D eigenvalue weighted by molar-refractivity contribution is 7.80. The first-order chi connectivity index (χ1) is 12.0. The Labute approximate surface area is 153 Å². The lowest BCUT2D eigenvalue weighted by molar-refractivity contribution is 0.189. The number of carbonyl (C=O) groups is 1. The number of rotatable bonds is 6. The monoisotopic (exact) mass is 358 g/mol. The Morgan fingerprint density at radius 3 is 2.64 bits per heavy atom. The smallest absolute Gasteiger partial charge is 0.410 e. The summed E-state index contributed by atoms with van der Waals surface area (Å²) >= 11 is 5.04. The SMILES string of the molecule is COCCN(C(=O)Oc1cccc(NC(C)=S)c1)c1ccccc1C. The molecule has 132 valence electrons. The number of amides is 1. The van der Waals surface area contributed by atoms with E-state index in [0.29, 0.717) is 23.9 Å². The number of nitrogens with zero attached hydrogens (tertiary/aromatic N) is 1. The van der Waals surface area contributed by atoms with Crippen molar-refractivity contribution in [2.45, 2.75) is 13.8 Å². The van der Waals surface area contributed by atoms with E-state index in [1.165, 1.54) is 0 Å². The van der Waals surface area contributed by atoms with Crippen molar-refractivity contribution in [1.82, 2.24) is 0 Å². The fourth-order valence-corrected chi connectivity index (χ4v) is 2.47. The van der Waals surface area contributed by atoms with E-state index >= 15 is 0 Å². The number of methoxy groups -OCH3 is 1. The van der Waals surface area contributed by atoms with Gasteiger partial charge in [0.25, 0.3) is 0 Å². The average molecular weight is 358 g/mol. The fraction of sp³-hybridized carbons (Fsp3) is 0.263. The number of aryl methyl sites for hydroxylation is 1. The van der Waals surface area contributed by atoms with E-state index in [0.717, 1.165) is 16.9 Å². The van der Waals surface area contributed by atoms with Crippen LogP contribution in [0.15, 0.2) is 48.5 Å². The van der Waals surface area contributed by atoms with Crippen LogP contribution in [0.25, 0.3) is 0 Å². The van der Waals surface area contributed by atoms with Crippen molar-refractivity contribution in [2.24, 2.45) is 0 Å². The highest BCUT2D eigenvalue weighted by Gasteiger charge is 2.19. The van der Waals surface area contributed by atoms with Crippen LogP contribution in [0.1, 0.15) is 12.5 Å². The van der Waals surface area contributed by atoms with Crippen LogP contribution in [0.3, 0.4) is 0 Å². The minimum absolute atomic E-state index is 0.400. The molecule has 0 aliphatic heterocycles. The average Bonchev–Trinajstić information content (AvgIpc) is 2.56. The third kappa shape index (κ3) is 5.55. The normalized spacial score (nSPS) is 10.2. The summed E-state index contributed by atoms with van der Waals surface area (Å²) in [7, 11) is 1.60. The van der Waals surface area contributed by atoms with Gasteiger partial charge in [0.15, 0.2) is 0 Å². The van der Waals surface area contributed by atoms with Gasteiger partial charge in [0.05, 0.1) is 23.8 Å². The van der Waals surface area contributed by atoms with Gasteiger partial charge in [-0.1, -0.05) is 36.5 Å². The van der Waals surface area contributed by atoms with Crippen molar-refractivity contribution in [3.05, 3.63) is 54.1 Å². The summed E-state index contributed by atoms with van der Waals surface area (Å²) in [5, 5.41) is 3.03. The molecule has 1 N–H and O–H groups in total. The number of hydrogen-bond donors (Lipinski definition) is 1. The molecule has 0 unspecified atom stereocenters. The van der Waals surface area contributed by atoms with E-state index in [9.17, 15) is 4.79 Å².